The maximum atomic E-state index is 13.2. The standard InChI is InChI=1S/C22H22N2O4S/c1-3-15-7-4-10-18(28-2)20(15)22(12-13-22)21(25)24-29(26,27)19-11-5-9-17-16(19)8-6-14-23-17/h4-11,14H,3,12-13H2,1-2H3,(H,24,25). The molecule has 6 nitrogen and oxygen atoms in total. The number of ether oxygens (including phenoxy) is 1. The molecule has 2 aromatic carbocycles. The summed E-state index contributed by atoms with van der Waals surface area (Å²) in [7, 11) is -2.50. The van der Waals surface area contributed by atoms with Gasteiger partial charge in [0, 0.05) is 17.1 Å². The number of carbonyl (C=O) groups is 1. The fraction of sp³-hybridized carbons (Fsp3) is 0.273. The van der Waals surface area contributed by atoms with Crippen LogP contribution in [0.1, 0.15) is 30.9 Å². The van der Waals surface area contributed by atoms with E-state index in [2.05, 4.69) is 9.71 Å². The van der Waals surface area contributed by atoms with Crippen molar-refractivity contribution in [3.63, 3.8) is 0 Å². The van der Waals surface area contributed by atoms with Gasteiger partial charge in [-0.25, -0.2) is 13.1 Å². The fourth-order valence-electron chi connectivity index (χ4n) is 3.88. The van der Waals surface area contributed by atoms with E-state index in [0.29, 0.717) is 29.5 Å². The van der Waals surface area contributed by atoms with Crippen LogP contribution < -0.4 is 9.46 Å². The number of aryl methyl sites for hydroxylation is 1. The molecule has 0 bridgehead atoms. The lowest BCUT2D eigenvalue weighted by molar-refractivity contribution is -0.121. The van der Waals surface area contributed by atoms with Crippen LogP contribution in [0.5, 0.6) is 5.75 Å². The average molecular weight is 410 g/mol. The number of fused-ring (bicyclic) bond motifs is 1. The maximum Gasteiger partial charge on any atom is 0.264 e. The highest BCUT2D eigenvalue weighted by atomic mass is 32.2. The Bertz CT molecular complexity index is 1170. The molecule has 4 rings (SSSR count). The number of pyridine rings is 1. The number of rotatable bonds is 6. The summed E-state index contributed by atoms with van der Waals surface area (Å²) in [6, 6.07) is 13.9. The minimum atomic E-state index is -4.06. The lowest BCUT2D eigenvalue weighted by Gasteiger charge is -2.22. The Kier molecular flexibility index (Phi) is 4.78. The first-order valence-corrected chi connectivity index (χ1v) is 11.0. The van der Waals surface area contributed by atoms with E-state index >= 15 is 0 Å². The molecule has 0 atom stereocenters. The second kappa shape index (κ2) is 7.15. The number of hydrogen-bond acceptors (Lipinski definition) is 5. The zero-order valence-electron chi connectivity index (χ0n) is 16.3. The first-order chi connectivity index (χ1) is 13.9. The fourth-order valence-corrected chi connectivity index (χ4v) is 5.15. The summed E-state index contributed by atoms with van der Waals surface area (Å²) < 4.78 is 34.0. The van der Waals surface area contributed by atoms with Gasteiger partial charge in [0.1, 0.15) is 5.75 Å². The highest BCUT2D eigenvalue weighted by Gasteiger charge is 2.54. The zero-order chi connectivity index (χ0) is 20.6. The summed E-state index contributed by atoms with van der Waals surface area (Å²) in [6.45, 7) is 2.01. The van der Waals surface area contributed by atoms with Crippen molar-refractivity contribution in [3.05, 3.63) is 65.9 Å². The lowest BCUT2D eigenvalue weighted by Crippen LogP contribution is -2.39. The molecule has 3 aromatic rings. The van der Waals surface area contributed by atoms with Gasteiger partial charge in [-0.3, -0.25) is 9.78 Å². The van der Waals surface area contributed by atoms with Gasteiger partial charge in [-0.2, -0.15) is 0 Å². The zero-order valence-corrected chi connectivity index (χ0v) is 17.1. The molecule has 1 N–H and O–H groups in total. The van der Waals surface area contributed by atoms with Crippen LogP contribution in [0.4, 0.5) is 0 Å². The van der Waals surface area contributed by atoms with E-state index in [0.717, 1.165) is 17.5 Å². The molecule has 1 heterocycles. The molecule has 1 amide bonds. The molecule has 0 unspecified atom stereocenters. The van der Waals surface area contributed by atoms with E-state index < -0.39 is 21.3 Å². The van der Waals surface area contributed by atoms with Crippen LogP contribution >= 0.6 is 0 Å². The van der Waals surface area contributed by atoms with E-state index in [-0.39, 0.29) is 4.90 Å². The molecule has 1 aromatic heterocycles. The van der Waals surface area contributed by atoms with Gasteiger partial charge in [0.2, 0.25) is 5.91 Å². The van der Waals surface area contributed by atoms with Crippen molar-refractivity contribution in [1.29, 1.82) is 0 Å². The number of benzene rings is 2. The van der Waals surface area contributed by atoms with E-state index in [1.54, 1.807) is 37.6 Å². The van der Waals surface area contributed by atoms with Gasteiger partial charge < -0.3 is 4.74 Å². The van der Waals surface area contributed by atoms with Gasteiger partial charge in [0.15, 0.2) is 0 Å². The Morgan fingerprint density at radius 3 is 2.59 bits per heavy atom. The first kappa shape index (κ1) is 19.4. The monoisotopic (exact) mass is 410 g/mol. The number of nitrogens with one attached hydrogen (secondary N) is 1. The molecule has 150 valence electrons. The minimum Gasteiger partial charge on any atom is -0.496 e. The molecule has 0 saturated heterocycles. The molecule has 0 aliphatic heterocycles. The van der Waals surface area contributed by atoms with Crippen molar-refractivity contribution < 1.29 is 17.9 Å². The summed E-state index contributed by atoms with van der Waals surface area (Å²) in [4.78, 5) is 17.5. The Morgan fingerprint density at radius 1 is 1.14 bits per heavy atom. The number of amides is 1. The van der Waals surface area contributed by atoms with Crippen LogP contribution in [0.2, 0.25) is 0 Å². The van der Waals surface area contributed by atoms with Crippen LogP contribution in [0.15, 0.2) is 59.6 Å². The molecule has 1 fully saturated rings. The molecule has 1 aliphatic rings. The Hall–Kier alpha value is -2.93. The highest BCUT2D eigenvalue weighted by molar-refractivity contribution is 7.90. The van der Waals surface area contributed by atoms with Crippen molar-refractivity contribution in [2.24, 2.45) is 0 Å². The van der Waals surface area contributed by atoms with Crippen molar-refractivity contribution in [3.8, 4) is 5.75 Å². The molecule has 29 heavy (non-hydrogen) atoms. The SMILES string of the molecule is CCc1cccc(OC)c1C1(C(=O)NS(=O)(=O)c2cccc3ncccc23)CC1. The smallest absolute Gasteiger partial charge is 0.264 e. The normalized spacial score (nSPS) is 15.1. The Labute approximate surface area is 170 Å². The quantitative estimate of drug-likeness (QED) is 0.674. The molecule has 0 spiro atoms. The lowest BCUT2D eigenvalue weighted by atomic mass is 9.88. The maximum absolute atomic E-state index is 13.2. The van der Waals surface area contributed by atoms with Crippen molar-refractivity contribution >= 4 is 26.8 Å². The third kappa shape index (κ3) is 3.25. The molecule has 0 radical (unpaired) electrons. The van der Waals surface area contributed by atoms with Crippen LogP contribution in [-0.4, -0.2) is 26.4 Å². The van der Waals surface area contributed by atoms with Crippen molar-refractivity contribution in [1.82, 2.24) is 9.71 Å². The van der Waals surface area contributed by atoms with Crippen LogP contribution in [0.3, 0.4) is 0 Å². The number of nitrogens with zero attached hydrogens (tertiary/aromatic N) is 1. The van der Waals surface area contributed by atoms with Crippen molar-refractivity contribution in [2.75, 3.05) is 7.11 Å². The predicted octanol–water partition coefficient (Wildman–Crippen LogP) is 3.34. The van der Waals surface area contributed by atoms with Crippen molar-refractivity contribution in [2.45, 2.75) is 36.5 Å². The summed E-state index contributed by atoms with van der Waals surface area (Å²) in [5, 5.41) is 0.478. The molecule has 1 aliphatic carbocycles. The topological polar surface area (TPSA) is 85.4 Å². The van der Waals surface area contributed by atoms with Gasteiger partial charge in [-0.05, 0) is 55.2 Å². The molecular formula is C22H22N2O4S. The summed E-state index contributed by atoms with van der Waals surface area (Å²) in [6.07, 6.45) is 3.49. The third-order valence-electron chi connectivity index (χ3n) is 5.50. The van der Waals surface area contributed by atoms with E-state index in [4.69, 9.17) is 4.74 Å². The predicted molar refractivity (Wildman–Crippen MR) is 110 cm³/mol. The first-order valence-electron chi connectivity index (χ1n) is 9.50. The Balaban J connectivity index is 1.73. The third-order valence-corrected chi connectivity index (χ3v) is 6.89. The molecular weight excluding hydrogens is 388 g/mol. The number of methoxy groups -OCH3 is 1. The summed E-state index contributed by atoms with van der Waals surface area (Å²) in [5.74, 6) is 0.0985. The minimum absolute atomic E-state index is 0.0444. The number of hydrogen-bond donors (Lipinski definition) is 1. The number of carbonyl (C=O) groups excluding carboxylic acids is 1. The van der Waals surface area contributed by atoms with E-state index in [1.165, 1.54) is 6.07 Å². The summed E-state index contributed by atoms with van der Waals surface area (Å²) >= 11 is 0. The average Bonchev–Trinajstić information content (AvgIpc) is 3.54. The van der Waals surface area contributed by atoms with E-state index in [9.17, 15) is 13.2 Å². The Morgan fingerprint density at radius 2 is 1.90 bits per heavy atom. The van der Waals surface area contributed by atoms with E-state index in [1.807, 2.05) is 25.1 Å². The molecule has 7 heteroatoms. The highest BCUT2D eigenvalue weighted by Crippen LogP contribution is 2.53. The van der Waals surface area contributed by atoms with Gasteiger partial charge >= 0.3 is 0 Å². The number of aromatic nitrogens is 1. The summed E-state index contributed by atoms with van der Waals surface area (Å²) in [5.41, 5.74) is 1.46. The van der Waals surface area contributed by atoms with Gasteiger partial charge in [-0.1, -0.05) is 25.1 Å². The van der Waals surface area contributed by atoms with Gasteiger partial charge in [-0.15, -0.1) is 0 Å². The molecule has 1 saturated carbocycles. The largest absolute Gasteiger partial charge is 0.496 e. The van der Waals surface area contributed by atoms with Crippen LogP contribution in [0.25, 0.3) is 10.9 Å². The van der Waals surface area contributed by atoms with Gasteiger partial charge in [0.05, 0.1) is 22.9 Å². The van der Waals surface area contributed by atoms with Gasteiger partial charge in [0.25, 0.3) is 10.0 Å². The second-order valence-corrected chi connectivity index (χ2v) is 8.84. The number of sulfonamides is 1. The van der Waals surface area contributed by atoms with Crippen LogP contribution in [0, 0.1) is 0 Å². The second-order valence-electron chi connectivity index (χ2n) is 7.19. The van der Waals surface area contributed by atoms with Crippen LogP contribution in [-0.2, 0) is 26.7 Å².